The first-order valence-corrected chi connectivity index (χ1v) is 13.3. The highest BCUT2D eigenvalue weighted by Crippen LogP contribution is 2.61. The number of hydrogen-bond acceptors (Lipinski definition) is 5. The molecule has 1 heterocycles. The van der Waals surface area contributed by atoms with Crippen molar-refractivity contribution in [1.82, 2.24) is 0 Å². The second-order valence-electron chi connectivity index (χ2n) is 10.4. The number of methoxy groups -OCH3 is 2. The fourth-order valence-corrected chi connectivity index (χ4v) is 8.49. The van der Waals surface area contributed by atoms with Crippen LogP contribution in [0.15, 0.2) is 47.4 Å². The highest BCUT2D eigenvalue weighted by Gasteiger charge is 2.51. The normalized spacial score (nSPS) is 30.9. The maximum atomic E-state index is 13.4. The van der Waals surface area contributed by atoms with Crippen LogP contribution in [-0.4, -0.2) is 24.4 Å². The summed E-state index contributed by atoms with van der Waals surface area (Å²) in [7, 11) is 3.32. The summed E-state index contributed by atoms with van der Waals surface area (Å²) in [5, 5.41) is 0. The smallest absolute Gasteiger partial charge is 0.270 e. The molecule has 0 radical (unpaired) electrons. The lowest BCUT2D eigenvalue weighted by Crippen LogP contribution is -2.48. The van der Waals surface area contributed by atoms with Crippen molar-refractivity contribution in [3.63, 3.8) is 0 Å². The van der Waals surface area contributed by atoms with Gasteiger partial charge in [0.1, 0.15) is 11.5 Å². The molecule has 0 aromatic heterocycles. The van der Waals surface area contributed by atoms with Crippen LogP contribution in [0.5, 0.6) is 11.5 Å². The van der Waals surface area contributed by atoms with E-state index in [1.807, 2.05) is 30.3 Å². The monoisotopic (exact) mass is 491 g/mol. The molecule has 0 spiro atoms. The number of ether oxygens (including phenoxy) is 2. The van der Waals surface area contributed by atoms with Crippen molar-refractivity contribution in [3.8, 4) is 11.5 Å². The van der Waals surface area contributed by atoms with E-state index < -0.39 is 0 Å². The summed E-state index contributed by atoms with van der Waals surface area (Å²) in [6.07, 6.45) is 10.2. The van der Waals surface area contributed by atoms with Gasteiger partial charge in [-0.2, -0.15) is 0 Å². The third-order valence-electron chi connectivity index (χ3n) is 8.29. The van der Waals surface area contributed by atoms with Crippen molar-refractivity contribution in [2.45, 2.75) is 43.9 Å². The topological polar surface area (TPSA) is 38.8 Å². The van der Waals surface area contributed by atoms with Crippen molar-refractivity contribution < 1.29 is 14.3 Å². The van der Waals surface area contributed by atoms with Gasteiger partial charge in [-0.3, -0.25) is 9.69 Å². The first-order valence-electron chi connectivity index (χ1n) is 12.1. The minimum Gasteiger partial charge on any atom is -0.497 e. The third kappa shape index (κ3) is 3.66. The van der Waals surface area contributed by atoms with Gasteiger partial charge in [-0.05, 0) is 110 Å². The highest BCUT2D eigenvalue weighted by molar-refractivity contribution is 8.27. The molecule has 5 aliphatic rings. The average Bonchev–Trinajstić information content (AvgIpc) is 3.10. The molecule has 5 fully saturated rings. The molecule has 0 N–H and O–H groups in total. The number of benzene rings is 2. The number of rotatable bonds is 5. The van der Waals surface area contributed by atoms with Gasteiger partial charge in [0.05, 0.1) is 24.8 Å². The van der Waals surface area contributed by atoms with E-state index in [2.05, 4.69) is 18.2 Å². The Bertz CT molecular complexity index is 1150. The van der Waals surface area contributed by atoms with Crippen LogP contribution in [0.4, 0.5) is 5.69 Å². The highest BCUT2D eigenvalue weighted by atomic mass is 32.2. The Kier molecular flexibility index (Phi) is 5.49. The second kappa shape index (κ2) is 8.42. The number of thiocarbonyl (C=S) groups is 1. The first kappa shape index (κ1) is 22.2. The van der Waals surface area contributed by atoms with Gasteiger partial charge < -0.3 is 9.47 Å². The number of hydrogen-bond donors (Lipinski definition) is 0. The Hall–Kier alpha value is -2.31. The van der Waals surface area contributed by atoms with Gasteiger partial charge in [0, 0.05) is 5.56 Å². The third-order valence-corrected chi connectivity index (χ3v) is 9.59. The number of amides is 1. The Labute approximate surface area is 210 Å². The molecule has 2 aromatic rings. The number of thioether (sulfide) groups is 1. The number of carbonyl (C=O) groups excluding carboxylic acids is 1. The fraction of sp³-hybridized carbons (Fsp3) is 0.429. The molecule has 0 unspecified atom stereocenters. The van der Waals surface area contributed by atoms with Gasteiger partial charge in [0.2, 0.25) is 0 Å². The van der Waals surface area contributed by atoms with Crippen LogP contribution in [0.3, 0.4) is 0 Å². The standard InChI is InChI=1S/C28H29NO3S2/c1-31-23-6-4-22(5-7-23)29-26(30)25(34-27(29)33)13-20-12-21(3-8-24(20)32-2)28-14-17-9-18(15-28)11-19(10-17)16-28/h3-8,12-13,17-19H,9-11,14-16H2,1-2H3/b25-13-. The average molecular weight is 492 g/mol. The summed E-state index contributed by atoms with van der Waals surface area (Å²) in [5.41, 5.74) is 3.43. The summed E-state index contributed by atoms with van der Waals surface area (Å²) in [4.78, 5) is 15.6. The predicted molar refractivity (Wildman–Crippen MR) is 141 cm³/mol. The second-order valence-corrected chi connectivity index (χ2v) is 12.0. The molecule has 4 bridgehead atoms. The summed E-state index contributed by atoms with van der Waals surface area (Å²) >= 11 is 6.93. The van der Waals surface area contributed by atoms with Crippen LogP contribution >= 0.6 is 24.0 Å². The van der Waals surface area contributed by atoms with Gasteiger partial charge >= 0.3 is 0 Å². The van der Waals surface area contributed by atoms with Gasteiger partial charge in [-0.1, -0.05) is 30.0 Å². The maximum absolute atomic E-state index is 13.4. The van der Waals surface area contributed by atoms with E-state index >= 15 is 0 Å². The van der Waals surface area contributed by atoms with Gasteiger partial charge in [0.25, 0.3) is 5.91 Å². The molecule has 4 nitrogen and oxygen atoms in total. The van der Waals surface area contributed by atoms with Crippen LogP contribution in [0.2, 0.25) is 0 Å². The van der Waals surface area contributed by atoms with Gasteiger partial charge in [-0.25, -0.2) is 0 Å². The molecule has 1 saturated heterocycles. The molecule has 2 aromatic carbocycles. The predicted octanol–water partition coefficient (Wildman–Crippen LogP) is 6.58. The van der Waals surface area contributed by atoms with E-state index in [0.29, 0.717) is 14.6 Å². The number of nitrogens with zero attached hydrogens (tertiary/aromatic N) is 1. The summed E-state index contributed by atoms with van der Waals surface area (Å²) in [5.74, 6) is 4.11. The summed E-state index contributed by atoms with van der Waals surface area (Å²) in [6, 6.07) is 14.1. The fourth-order valence-electron chi connectivity index (χ4n) is 7.20. The van der Waals surface area contributed by atoms with E-state index in [9.17, 15) is 4.79 Å². The summed E-state index contributed by atoms with van der Waals surface area (Å²) in [6.45, 7) is 0. The van der Waals surface area contributed by atoms with E-state index in [1.54, 1.807) is 19.1 Å². The quantitative estimate of drug-likeness (QED) is 0.349. The molecular formula is C28H29NO3S2. The molecule has 176 valence electrons. The molecular weight excluding hydrogens is 462 g/mol. The SMILES string of the molecule is COc1ccc(N2C(=O)/C(=C/c3cc(C45CC6CC(CC(C6)C4)C5)ccc3OC)SC2=S)cc1. The van der Waals surface area contributed by atoms with Crippen molar-refractivity contribution in [2.24, 2.45) is 17.8 Å². The number of anilines is 1. The summed E-state index contributed by atoms with van der Waals surface area (Å²) < 4.78 is 11.5. The molecule has 4 saturated carbocycles. The minimum absolute atomic E-state index is 0.0950. The van der Waals surface area contributed by atoms with Crippen molar-refractivity contribution >= 4 is 46.0 Å². The molecule has 7 rings (SSSR count). The van der Waals surface area contributed by atoms with E-state index in [1.165, 1.54) is 55.9 Å². The van der Waals surface area contributed by atoms with Crippen LogP contribution in [0.25, 0.3) is 6.08 Å². The Morgan fingerprint density at radius 1 is 0.971 bits per heavy atom. The minimum atomic E-state index is -0.0950. The molecule has 6 heteroatoms. The van der Waals surface area contributed by atoms with E-state index in [4.69, 9.17) is 21.7 Å². The molecule has 1 amide bonds. The van der Waals surface area contributed by atoms with Crippen LogP contribution < -0.4 is 14.4 Å². The largest absolute Gasteiger partial charge is 0.497 e. The lowest BCUT2D eigenvalue weighted by molar-refractivity contribution is -0.113. The van der Waals surface area contributed by atoms with Crippen molar-refractivity contribution in [2.75, 3.05) is 19.1 Å². The van der Waals surface area contributed by atoms with Crippen LogP contribution in [0.1, 0.15) is 49.7 Å². The van der Waals surface area contributed by atoms with E-state index in [-0.39, 0.29) is 5.91 Å². The lowest BCUT2D eigenvalue weighted by Gasteiger charge is -2.57. The molecule has 1 aliphatic heterocycles. The van der Waals surface area contributed by atoms with Crippen LogP contribution in [-0.2, 0) is 10.2 Å². The molecule has 0 atom stereocenters. The van der Waals surface area contributed by atoms with E-state index in [0.717, 1.165) is 40.5 Å². The zero-order valence-corrected chi connectivity index (χ0v) is 21.2. The van der Waals surface area contributed by atoms with Crippen molar-refractivity contribution in [1.29, 1.82) is 0 Å². The van der Waals surface area contributed by atoms with Gasteiger partial charge in [-0.15, -0.1) is 0 Å². The molecule has 4 aliphatic carbocycles. The Balaban J connectivity index is 1.33. The zero-order chi connectivity index (χ0) is 23.4. The van der Waals surface area contributed by atoms with Gasteiger partial charge in [0.15, 0.2) is 4.32 Å². The van der Waals surface area contributed by atoms with Crippen LogP contribution in [0, 0.1) is 17.8 Å². The van der Waals surface area contributed by atoms with Crippen molar-refractivity contribution in [3.05, 3.63) is 58.5 Å². The lowest BCUT2D eigenvalue weighted by atomic mass is 9.48. The maximum Gasteiger partial charge on any atom is 0.270 e. The first-order chi connectivity index (χ1) is 16.5. The Morgan fingerprint density at radius 2 is 1.62 bits per heavy atom. The Morgan fingerprint density at radius 3 is 2.21 bits per heavy atom. The molecule has 34 heavy (non-hydrogen) atoms. The number of carbonyl (C=O) groups is 1. The zero-order valence-electron chi connectivity index (χ0n) is 19.6.